The summed E-state index contributed by atoms with van der Waals surface area (Å²) in [6.07, 6.45) is 0. The molecule has 0 fully saturated rings. The molecule has 0 atom stereocenters. The highest BCUT2D eigenvalue weighted by Gasteiger charge is 2.18. The number of hydrogen-bond acceptors (Lipinski definition) is 2. The number of nitrogens with zero attached hydrogens (tertiary/aromatic N) is 2. The maximum atomic E-state index is 6.17. The lowest BCUT2D eigenvalue weighted by Gasteiger charge is -2.26. The second-order valence-corrected chi connectivity index (χ2v) is 18.1. The average Bonchev–Trinajstić information content (AvgIpc) is 3.97. The van der Waals surface area contributed by atoms with Gasteiger partial charge in [-0.05, 0) is 151 Å². The van der Waals surface area contributed by atoms with Gasteiger partial charge in [0.25, 0.3) is 0 Å². The Labute approximate surface area is 399 Å². The molecule has 0 radical (unpaired) electrons. The van der Waals surface area contributed by atoms with Gasteiger partial charge in [-0.25, -0.2) is 0 Å². The Morgan fingerprint density at radius 1 is 0.246 bits per heavy atom. The standard InChI is InChI=1S/C66H42N2O/c1-2-12-43(13-3-1)44-22-34-51(35-23-44)68-63-20-10-8-18-58(63)61-40-47(28-38-64(61)68)45-24-30-49(31-25-45)67(52-36-37-57-55-16-5-4-14-53(55)54-15-6-7-17-56(54)60(57)42-52)50-32-26-46(27-33-50)48-29-39-66-62(41-48)59-19-9-11-21-65(59)69-66/h1-42H. The van der Waals surface area contributed by atoms with E-state index in [-0.39, 0.29) is 0 Å². The quantitative estimate of drug-likeness (QED) is 0.149. The first-order chi connectivity index (χ1) is 34.2. The van der Waals surface area contributed by atoms with Gasteiger partial charge >= 0.3 is 0 Å². The molecule has 3 heteroatoms. The summed E-state index contributed by atoms with van der Waals surface area (Å²) in [5.74, 6) is 0. The molecule has 2 heterocycles. The minimum atomic E-state index is 0.902. The lowest BCUT2D eigenvalue weighted by Crippen LogP contribution is -2.10. The molecule has 3 nitrogen and oxygen atoms in total. The Balaban J connectivity index is 0.870. The smallest absolute Gasteiger partial charge is 0.135 e. The minimum Gasteiger partial charge on any atom is -0.456 e. The highest BCUT2D eigenvalue weighted by atomic mass is 16.3. The van der Waals surface area contributed by atoms with Crippen molar-refractivity contribution in [2.45, 2.75) is 0 Å². The highest BCUT2D eigenvalue weighted by molar-refractivity contribution is 6.26. The van der Waals surface area contributed by atoms with E-state index < -0.39 is 0 Å². The van der Waals surface area contributed by atoms with Crippen LogP contribution in [0.3, 0.4) is 0 Å². The Bertz CT molecular complexity index is 4240. The van der Waals surface area contributed by atoms with Crippen LogP contribution in [-0.2, 0) is 0 Å². The van der Waals surface area contributed by atoms with Crippen molar-refractivity contribution in [3.63, 3.8) is 0 Å². The summed E-state index contributed by atoms with van der Waals surface area (Å²) in [7, 11) is 0. The normalized spacial score (nSPS) is 11.8. The van der Waals surface area contributed by atoms with Crippen LogP contribution in [0.1, 0.15) is 0 Å². The van der Waals surface area contributed by atoms with Crippen molar-refractivity contribution < 1.29 is 4.42 Å². The monoisotopic (exact) mass is 878 g/mol. The summed E-state index contributed by atoms with van der Waals surface area (Å²) >= 11 is 0. The van der Waals surface area contributed by atoms with Crippen LogP contribution in [-0.4, -0.2) is 4.57 Å². The number of benzene rings is 12. The predicted octanol–water partition coefficient (Wildman–Crippen LogP) is 18.6. The van der Waals surface area contributed by atoms with Gasteiger partial charge in [-0.2, -0.15) is 0 Å². The maximum Gasteiger partial charge on any atom is 0.135 e. The number of hydrogen-bond donors (Lipinski definition) is 0. The number of furan rings is 1. The summed E-state index contributed by atoms with van der Waals surface area (Å²) < 4.78 is 8.56. The molecule has 0 aliphatic heterocycles. The largest absolute Gasteiger partial charge is 0.456 e. The molecule has 0 saturated carbocycles. The number of para-hydroxylation sites is 2. The molecule has 0 amide bonds. The number of anilines is 3. The van der Waals surface area contributed by atoms with E-state index in [1.54, 1.807) is 0 Å². The first kappa shape index (κ1) is 39.0. The van der Waals surface area contributed by atoms with E-state index in [1.807, 2.05) is 12.1 Å². The molecule has 14 aromatic rings. The molecule has 0 aliphatic carbocycles. The molecule has 0 spiro atoms. The Morgan fingerprint density at radius 2 is 0.681 bits per heavy atom. The Kier molecular flexibility index (Phi) is 8.90. The average molecular weight is 879 g/mol. The SMILES string of the molecule is c1ccc(-c2ccc(-n3c4ccccc4c4cc(-c5ccc(N(c6ccc(-c7ccc8oc9ccccc9c8c7)cc6)c6ccc7c8ccccc8c8ccccc8c7c6)cc5)ccc43)cc2)cc1. The molecule has 69 heavy (non-hydrogen) atoms. The van der Waals surface area contributed by atoms with Gasteiger partial charge in [-0.15, -0.1) is 0 Å². The number of rotatable bonds is 7. The number of aromatic nitrogens is 1. The van der Waals surface area contributed by atoms with Crippen LogP contribution in [0.2, 0.25) is 0 Å². The minimum absolute atomic E-state index is 0.902. The van der Waals surface area contributed by atoms with Crippen molar-refractivity contribution in [3.05, 3.63) is 255 Å². The second-order valence-electron chi connectivity index (χ2n) is 18.1. The molecule has 12 aromatic carbocycles. The van der Waals surface area contributed by atoms with Gasteiger partial charge in [-0.1, -0.05) is 170 Å². The molecule has 0 saturated heterocycles. The first-order valence-corrected chi connectivity index (χ1v) is 23.6. The highest BCUT2D eigenvalue weighted by Crippen LogP contribution is 2.43. The molecule has 0 aliphatic rings. The van der Waals surface area contributed by atoms with Crippen LogP contribution in [0.15, 0.2) is 259 Å². The van der Waals surface area contributed by atoms with E-state index in [9.17, 15) is 0 Å². The zero-order valence-electron chi connectivity index (χ0n) is 37.6. The van der Waals surface area contributed by atoms with E-state index in [4.69, 9.17) is 4.42 Å². The third-order valence-corrected chi connectivity index (χ3v) is 14.2. The van der Waals surface area contributed by atoms with Crippen molar-refractivity contribution in [1.29, 1.82) is 0 Å². The predicted molar refractivity (Wildman–Crippen MR) is 292 cm³/mol. The van der Waals surface area contributed by atoms with Crippen LogP contribution in [0, 0.1) is 0 Å². The van der Waals surface area contributed by atoms with Crippen molar-refractivity contribution in [2.75, 3.05) is 4.90 Å². The van der Waals surface area contributed by atoms with Gasteiger partial charge in [0.05, 0.1) is 11.0 Å². The number of fused-ring (bicyclic) bond motifs is 12. The van der Waals surface area contributed by atoms with E-state index in [0.717, 1.165) is 61.4 Å². The van der Waals surface area contributed by atoms with Crippen molar-refractivity contribution in [1.82, 2.24) is 4.57 Å². The third kappa shape index (κ3) is 6.43. The molecular weight excluding hydrogens is 837 g/mol. The van der Waals surface area contributed by atoms with Gasteiger partial charge in [0, 0.05) is 44.3 Å². The van der Waals surface area contributed by atoms with Gasteiger partial charge in [0.1, 0.15) is 11.2 Å². The van der Waals surface area contributed by atoms with E-state index in [1.165, 1.54) is 70.8 Å². The summed E-state index contributed by atoms with van der Waals surface area (Å²) in [5.41, 5.74) is 15.7. The molecule has 322 valence electrons. The van der Waals surface area contributed by atoms with Gasteiger partial charge in [0.2, 0.25) is 0 Å². The van der Waals surface area contributed by atoms with Gasteiger partial charge in [0.15, 0.2) is 0 Å². The van der Waals surface area contributed by atoms with Crippen LogP contribution >= 0.6 is 0 Å². The van der Waals surface area contributed by atoms with Crippen LogP contribution < -0.4 is 4.90 Å². The molecule has 14 rings (SSSR count). The molecule has 0 N–H and O–H groups in total. The van der Waals surface area contributed by atoms with Crippen LogP contribution in [0.25, 0.3) is 115 Å². The van der Waals surface area contributed by atoms with Crippen LogP contribution in [0.4, 0.5) is 17.1 Å². The van der Waals surface area contributed by atoms with Crippen LogP contribution in [0.5, 0.6) is 0 Å². The fourth-order valence-electron chi connectivity index (χ4n) is 10.9. The van der Waals surface area contributed by atoms with Gasteiger partial charge in [-0.3, -0.25) is 0 Å². The lowest BCUT2D eigenvalue weighted by molar-refractivity contribution is 0.669. The summed E-state index contributed by atoms with van der Waals surface area (Å²) in [6.45, 7) is 0. The Morgan fingerprint density at radius 3 is 1.35 bits per heavy atom. The zero-order chi connectivity index (χ0) is 45.4. The lowest BCUT2D eigenvalue weighted by atomic mass is 9.94. The van der Waals surface area contributed by atoms with Crippen molar-refractivity contribution >= 4 is 93.1 Å². The van der Waals surface area contributed by atoms with E-state index in [0.29, 0.717) is 0 Å². The molecule has 2 aromatic heterocycles. The maximum absolute atomic E-state index is 6.17. The second kappa shape index (κ2) is 15.7. The van der Waals surface area contributed by atoms with Crippen molar-refractivity contribution in [3.8, 4) is 39.1 Å². The van der Waals surface area contributed by atoms with E-state index >= 15 is 0 Å². The Hall–Kier alpha value is -9.18. The van der Waals surface area contributed by atoms with Gasteiger partial charge < -0.3 is 13.9 Å². The fourth-order valence-corrected chi connectivity index (χ4v) is 10.9. The van der Waals surface area contributed by atoms with Crippen molar-refractivity contribution in [2.24, 2.45) is 0 Å². The summed E-state index contributed by atoms with van der Waals surface area (Å²) in [5, 5.41) is 12.3. The molecular formula is C66H42N2O. The molecule has 0 bridgehead atoms. The molecule has 0 unspecified atom stereocenters. The first-order valence-electron chi connectivity index (χ1n) is 23.6. The topological polar surface area (TPSA) is 21.3 Å². The zero-order valence-corrected chi connectivity index (χ0v) is 37.6. The van der Waals surface area contributed by atoms with E-state index in [2.05, 4.69) is 252 Å². The fraction of sp³-hybridized carbons (Fsp3) is 0. The summed E-state index contributed by atoms with van der Waals surface area (Å²) in [4.78, 5) is 2.39. The summed E-state index contributed by atoms with van der Waals surface area (Å²) in [6, 6.07) is 92.6. The third-order valence-electron chi connectivity index (χ3n) is 14.2.